The zero-order valence-corrected chi connectivity index (χ0v) is 20.4. The fraction of sp³-hybridized carbons (Fsp3) is 0.692. The number of rotatable bonds is 11. The van der Waals surface area contributed by atoms with Crippen molar-refractivity contribution >= 4 is 23.2 Å². The van der Waals surface area contributed by atoms with E-state index in [2.05, 4.69) is 29.3 Å². The summed E-state index contributed by atoms with van der Waals surface area (Å²) in [5, 5.41) is 2.95. The second kappa shape index (κ2) is 11.6. The number of ether oxygens (including phenoxy) is 1. The van der Waals surface area contributed by atoms with Gasteiger partial charge in [0, 0.05) is 13.1 Å². The Kier molecular flexibility index (Phi) is 8.83. The van der Waals surface area contributed by atoms with Crippen LogP contribution in [0.5, 0.6) is 0 Å². The van der Waals surface area contributed by atoms with Crippen LogP contribution < -0.4 is 10.2 Å². The van der Waals surface area contributed by atoms with Crippen molar-refractivity contribution in [1.82, 2.24) is 10.3 Å². The van der Waals surface area contributed by atoms with E-state index in [1.807, 2.05) is 26.8 Å². The van der Waals surface area contributed by atoms with Crippen molar-refractivity contribution < 1.29 is 13.9 Å². The van der Waals surface area contributed by atoms with Gasteiger partial charge in [-0.3, -0.25) is 0 Å². The third-order valence-corrected chi connectivity index (χ3v) is 5.94. The van der Waals surface area contributed by atoms with Crippen molar-refractivity contribution in [2.75, 3.05) is 18.0 Å². The molecule has 0 saturated carbocycles. The van der Waals surface area contributed by atoms with Gasteiger partial charge in [-0.05, 0) is 57.7 Å². The largest absolute Gasteiger partial charge is 0.444 e. The predicted octanol–water partition coefficient (Wildman–Crippen LogP) is 6.61. The van der Waals surface area contributed by atoms with Gasteiger partial charge in [-0.1, -0.05) is 57.9 Å². The van der Waals surface area contributed by atoms with Crippen LogP contribution in [0.2, 0.25) is 0 Å². The molecular formula is C26H41N3O3. The minimum absolute atomic E-state index is 0.0393. The van der Waals surface area contributed by atoms with E-state index in [1.54, 1.807) is 0 Å². The Hall–Kier alpha value is -2.24. The first-order valence-corrected chi connectivity index (χ1v) is 12.5. The van der Waals surface area contributed by atoms with E-state index < -0.39 is 5.60 Å². The molecule has 1 aliphatic rings. The molecule has 1 aromatic carbocycles. The first-order chi connectivity index (χ1) is 15.3. The van der Waals surface area contributed by atoms with Crippen LogP contribution in [-0.4, -0.2) is 35.8 Å². The molecule has 1 atom stereocenters. The number of fused-ring (bicyclic) bond motifs is 1. The summed E-state index contributed by atoms with van der Waals surface area (Å²) < 4.78 is 11.4. The number of oxazole rings is 1. The highest BCUT2D eigenvalue weighted by Crippen LogP contribution is 2.26. The number of alkyl carbamates (subject to hydrolysis) is 1. The number of nitrogens with zero attached hydrogens (tertiary/aromatic N) is 2. The molecule has 0 unspecified atom stereocenters. The Morgan fingerprint density at radius 1 is 1.16 bits per heavy atom. The summed E-state index contributed by atoms with van der Waals surface area (Å²) in [6.45, 7) is 9.36. The third-order valence-electron chi connectivity index (χ3n) is 5.94. The molecule has 1 aliphatic heterocycles. The highest BCUT2D eigenvalue weighted by atomic mass is 16.6. The molecule has 1 aromatic heterocycles. The molecule has 1 fully saturated rings. The first kappa shape index (κ1) is 24.4. The topological polar surface area (TPSA) is 67.6 Å². The summed E-state index contributed by atoms with van der Waals surface area (Å²) >= 11 is 0. The SMILES string of the molecule is CCCCCCCCCCc1ccc2oc(N3CC[C@@H](NC(=O)OC(C)(C)C)C3)nc2c1. The van der Waals surface area contributed by atoms with E-state index in [0.717, 1.165) is 30.5 Å². The summed E-state index contributed by atoms with van der Waals surface area (Å²) in [4.78, 5) is 18.9. The van der Waals surface area contributed by atoms with Gasteiger partial charge in [0.15, 0.2) is 5.58 Å². The Balaban J connectivity index is 1.45. The number of hydrogen-bond donors (Lipinski definition) is 1. The lowest BCUT2D eigenvalue weighted by Crippen LogP contribution is -2.40. The number of aromatic nitrogens is 1. The van der Waals surface area contributed by atoms with Crippen molar-refractivity contribution in [3.63, 3.8) is 0 Å². The maximum absolute atomic E-state index is 12.0. The van der Waals surface area contributed by atoms with E-state index in [1.165, 1.54) is 56.9 Å². The highest BCUT2D eigenvalue weighted by molar-refractivity contribution is 5.75. The normalized spacial score (nSPS) is 16.6. The van der Waals surface area contributed by atoms with Gasteiger partial charge in [0.1, 0.15) is 11.1 Å². The van der Waals surface area contributed by atoms with Gasteiger partial charge in [-0.25, -0.2) is 4.79 Å². The molecule has 3 rings (SSSR count). The number of aryl methyl sites for hydroxylation is 1. The lowest BCUT2D eigenvalue weighted by Gasteiger charge is -2.21. The van der Waals surface area contributed by atoms with Crippen molar-refractivity contribution in [2.24, 2.45) is 0 Å². The number of benzene rings is 1. The fourth-order valence-corrected chi connectivity index (χ4v) is 4.24. The number of carbonyl (C=O) groups is 1. The van der Waals surface area contributed by atoms with Crippen LogP contribution in [0, 0.1) is 0 Å². The van der Waals surface area contributed by atoms with Gasteiger partial charge in [-0.15, -0.1) is 0 Å². The third kappa shape index (κ3) is 7.72. The molecule has 0 spiro atoms. The van der Waals surface area contributed by atoms with Crippen molar-refractivity contribution in [3.05, 3.63) is 23.8 Å². The van der Waals surface area contributed by atoms with Crippen LogP contribution in [0.1, 0.15) is 91.0 Å². The van der Waals surface area contributed by atoms with Crippen LogP contribution in [0.3, 0.4) is 0 Å². The minimum atomic E-state index is -0.491. The van der Waals surface area contributed by atoms with Gasteiger partial charge in [0.05, 0.1) is 6.04 Å². The lowest BCUT2D eigenvalue weighted by molar-refractivity contribution is 0.0509. The number of anilines is 1. The van der Waals surface area contributed by atoms with Crippen LogP contribution >= 0.6 is 0 Å². The Morgan fingerprint density at radius 3 is 2.59 bits per heavy atom. The zero-order valence-electron chi connectivity index (χ0n) is 20.4. The van der Waals surface area contributed by atoms with Gasteiger partial charge >= 0.3 is 6.09 Å². The molecule has 6 heteroatoms. The Bertz CT molecular complexity index is 856. The number of nitrogens with one attached hydrogen (secondary N) is 1. The molecule has 0 radical (unpaired) electrons. The van der Waals surface area contributed by atoms with Crippen molar-refractivity contribution in [1.29, 1.82) is 0 Å². The van der Waals surface area contributed by atoms with Crippen LogP contribution in [-0.2, 0) is 11.2 Å². The number of hydrogen-bond acceptors (Lipinski definition) is 5. The van der Waals surface area contributed by atoms with Crippen LogP contribution in [0.25, 0.3) is 11.1 Å². The number of unbranched alkanes of at least 4 members (excludes halogenated alkanes) is 7. The number of amides is 1. The van der Waals surface area contributed by atoms with Gasteiger partial charge in [-0.2, -0.15) is 4.98 Å². The summed E-state index contributed by atoms with van der Waals surface area (Å²) in [7, 11) is 0. The van der Waals surface area contributed by atoms with Gasteiger partial charge in [0.25, 0.3) is 6.01 Å². The molecule has 1 amide bonds. The van der Waals surface area contributed by atoms with Gasteiger partial charge < -0.3 is 19.4 Å². The van der Waals surface area contributed by atoms with Crippen molar-refractivity contribution in [2.45, 2.75) is 104 Å². The Morgan fingerprint density at radius 2 is 1.88 bits per heavy atom. The maximum atomic E-state index is 12.0. The summed E-state index contributed by atoms with van der Waals surface area (Å²) in [5.74, 6) is 0. The monoisotopic (exact) mass is 443 g/mol. The standard InChI is InChI=1S/C26H41N3O3/c1-5-6-7-8-9-10-11-12-13-20-14-15-23-22(18-20)28-24(31-23)29-17-16-21(19-29)27-25(30)32-26(2,3)4/h14-15,18,21H,5-13,16-17,19H2,1-4H3,(H,27,30)/t21-/m1/s1. The average Bonchev–Trinajstić information content (AvgIpc) is 3.34. The van der Waals surface area contributed by atoms with E-state index in [4.69, 9.17) is 14.1 Å². The Labute approximate surface area is 193 Å². The van der Waals surface area contributed by atoms with E-state index in [0.29, 0.717) is 12.6 Å². The van der Waals surface area contributed by atoms with Gasteiger partial charge in [0.2, 0.25) is 0 Å². The summed E-state index contributed by atoms with van der Waals surface area (Å²) in [5.41, 5.74) is 2.58. The fourth-order valence-electron chi connectivity index (χ4n) is 4.24. The number of carbonyl (C=O) groups excluding carboxylic acids is 1. The highest BCUT2D eigenvalue weighted by Gasteiger charge is 2.28. The molecule has 2 heterocycles. The second-order valence-corrected chi connectivity index (χ2v) is 10.1. The quantitative estimate of drug-likeness (QED) is 0.396. The molecule has 1 saturated heterocycles. The summed E-state index contributed by atoms with van der Waals surface area (Å²) in [6.07, 6.45) is 12.3. The smallest absolute Gasteiger partial charge is 0.407 e. The molecule has 6 nitrogen and oxygen atoms in total. The van der Waals surface area contributed by atoms with E-state index in [9.17, 15) is 4.79 Å². The first-order valence-electron chi connectivity index (χ1n) is 12.5. The zero-order chi connectivity index (χ0) is 23.0. The van der Waals surface area contributed by atoms with Crippen LogP contribution in [0.15, 0.2) is 22.6 Å². The lowest BCUT2D eigenvalue weighted by atomic mass is 10.0. The molecule has 2 aromatic rings. The molecule has 0 aliphatic carbocycles. The van der Waals surface area contributed by atoms with E-state index in [-0.39, 0.29) is 12.1 Å². The maximum Gasteiger partial charge on any atom is 0.407 e. The second-order valence-electron chi connectivity index (χ2n) is 10.1. The molecule has 0 bridgehead atoms. The average molecular weight is 444 g/mol. The van der Waals surface area contributed by atoms with E-state index >= 15 is 0 Å². The summed E-state index contributed by atoms with van der Waals surface area (Å²) in [6, 6.07) is 7.04. The molecule has 32 heavy (non-hydrogen) atoms. The molecular weight excluding hydrogens is 402 g/mol. The van der Waals surface area contributed by atoms with Crippen molar-refractivity contribution in [3.8, 4) is 0 Å². The molecule has 1 N–H and O–H groups in total. The van der Waals surface area contributed by atoms with Crippen LogP contribution in [0.4, 0.5) is 10.8 Å². The minimum Gasteiger partial charge on any atom is -0.444 e. The predicted molar refractivity (Wildman–Crippen MR) is 130 cm³/mol. The molecule has 178 valence electrons.